The maximum absolute atomic E-state index is 11.4. The molecule has 1 heterocycles. The van der Waals surface area contributed by atoms with Crippen molar-refractivity contribution in [1.29, 1.82) is 0 Å². The Morgan fingerprint density at radius 3 is 3.00 bits per heavy atom. The van der Waals surface area contributed by atoms with Crippen molar-refractivity contribution in [2.24, 2.45) is 0 Å². The third-order valence-electron chi connectivity index (χ3n) is 2.95. The molecule has 6 nitrogen and oxygen atoms in total. The van der Waals surface area contributed by atoms with Crippen LogP contribution in [0.1, 0.15) is 12.7 Å². The van der Waals surface area contributed by atoms with Gasteiger partial charge in [-0.15, -0.1) is 0 Å². The normalized spacial score (nSPS) is 10.4. The molecule has 0 aliphatic rings. The fraction of sp³-hybridized carbons (Fsp3) is 0.357. The molecule has 1 N–H and O–H groups in total. The van der Waals surface area contributed by atoms with Crippen molar-refractivity contribution < 1.29 is 9.53 Å². The first-order valence-electron chi connectivity index (χ1n) is 6.53. The molecule has 1 aromatic carbocycles. The number of ether oxygens (including phenoxy) is 1. The maximum atomic E-state index is 11.4. The molecule has 0 aliphatic carbocycles. The molecule has 1 aromatic heterocycles. The Morgan fingerprint density at radius 1 is 1.48 bits per heavy atom. The number of hydrogen-bond acceptors (Lipinski definition) is 6. The molecule has 0 saturated heterocycles. The number of benzene rings is 1. The molecule has 1 amide bonds. The molecule has 0 aliphatic heterocycles. The minimum absolute atomic E-state index is 0.00934. The second kappa shape index (κ2) is 7.14. The van der Waals surface area contributed by atoms with Crippen LogP contribution in [-0.4, -0.2) is 36.0 Å². The summed E-state index contributed by atoms with van der Waals surface area (Å²) < 4.78 is 9.26. The van der Waals surface area contributed by atoms with Crippen LogP contribution in [0.5, 0.6) is 0 Å². The van der Waals surface area contributed by atoms with Gasteiger partial charge in [-0.3, -0.25) is 4.79 Å². The van der Waals surface area contributed by atoms with E-state index < -0.39 is 0 Å². The number of nitrogens with one attached hydrogen (secondary N) is 1. The summed E-state index contributed by atoms with van der Waals surface area (Å²) in [6, 6.07) is 7.60. The van der Waals surface area contributed by atoms with Gasteiger partial charge in [-0.05, 0) is 18.2 Å². The van der Waals surface area contributed by atoms with Crippen LogP contribution in [0.3, 0.4) is 0 Å². The third kappa shape index (κ3) is 4.24. The van der Waals surface area contributed by atoms with Gasteiger partial charge in [0, 0.05) is 50.4 Å². The second-order valence-electron chi connectivity index (χ2n) is 4.51. The van der Waals surface area contributed by atoms with Crippen molar-refractivity contribution in [3.8, 4) is 0 Å². The van der Waals surface area contributed by atoms with E-state index in [-0.39, 0.29) is 5.91 Å². The molecule has 0 saturated carbocycles. The van der Waals surface area contributed by atoms with Gasteiger partial charge in [0.1, 0.15) is 5.82 Å². The highest BCUT2D eigenvalue weighted by molar-refractivity contribution is 7.09. The average Bonchev–Trinajstić information content (AvgIpc) is 2.92. The standard InChI is InChI=1S/C14H18N4O2S/c1-10(19)18(2)12-6-4-5-11(9-12)15-14-16-13(17-21-14)7-8-20-3/h4-6,9H,7-8H2,1-3H3,(H,15,16,17). The van der Waals surface area contributed by atoms with Gasteiger partial charge in [0.05, 0.1) is 6.61 Å². The van der Waals surface area contributed by atoms with E-state index in [1.54, 1.807) is 19.1 Å². The first kappa shape index (κ1) is 15.4. The number of anilines is 3. The summed E-state index contributed by atoms with van der Waals surface area (Å²) >= 11 is 1.31. The quantitative estimate of drug-likeness (QED) is 0.888. The van der Waals surface area contributed by atoms with Gasteiger partial charge in [-0.25, -0.2) is 4.98 Å². The molecule has 21 heavy (non-hydrogen) atoms. The molecular weight excluding hydrogens is 288 g/mol. The SMILES string of the molecule is COCCc1nsc(Nc2cccc(N(C)C(C)=O)c2)n1. The van der Waals surface area contributed by atoms with E-state index in [0.29, 0.717) is 13.0 Å². The first-order valence-corrected chi connectivity index (χ1v) is 7.30. The summed E-state index contributed by atoms with van der Waals surface area (Å²) in [6.07, 6.45) is 0.696. The van der Waals surface area contributed by atoms with Gasteiger partial charge in [-0.1, -0.05) is 6.07 Å². The number of rotatable bonds is 6. The zero-order valence-electron chi connectivity index (χ0n) is 12.3. The fourth-order valence-electron chi connectivity index (χ4n) is 1.70. The smallest absolute Gasteiger partial charge is 0.223 e. The Balaban J connectivity index is 2.07. The van der Waals surface area contributed by atoms with Crippen molar-refractivity contribution >= 4 is 33.9 Å². The Hall–Kier alpha value is -1.99. The van der Waals surface area contributed by atoms with E-state index in [9.17, 15) is 4.79 Å². The van der Waals surface area contributed by atoms with Gasteiger partial charge in [0.25, 0.3) is 0 Å². The van der Waals surface area contributed by atoms with Crippen LogP contribution < -0.4 is 10.2 Å². The maximum Gasteiger partial charge on any atom is 0.223 e. The summed E-state index contributed by atoms with van der Waals surface area (Å²) in [5.41, 5.74) is 1.70. The van der Waals surface area contributed by atoms with Crippen LogP contribution in [0.2, 0.25) is 0 Å². The monoisotopic (exact) mass is 306 g/mol. The van der Waals surface area contributed by atoms with Gasteiger partial charge in [0.15, 0.2) is 0 Å². The van der Waals surface area contributed by atoms with E-state index in [4.69, 9.17) is 4.74 Å². The lowest BCUT2D eigenvalue weighted by molar-refractivity contribution is -0.116. The van der Waals surface area contributed by atoms with Crippen molar-refractivity contribution in [2.75, 3.05) is 31.0 Å². The molecule has 112 valence electrons. The van der Waals surface area contributed by atoms with E-state index in [1.807, 2.05) is 24.3 Å². The molecule has 2 aromatic rings. The number of hydrogen-bond donors (Lipinski definition) is 1. The zero-order valence-corrected chi connectivity index (χ0v) is 13.1. The largest absolute Gasteiger partial charge is 0.384 e. The van der Waals surface area contributed by atoms with E-state index in [1.165, 1.54) is 18.5 Å². The Labute approximate surface area is 127 Å². The van der Waals surface area contributed by atoms with E-state index >= 15 is 0 Å². The lowest BCUT2D eigenvalue weighted by Crippen LogP contribution is -2.22. The summed E-state index contributed by atoms with van der Waals surface area (Å²) in [4.78, 5) is 17.4. The Morgan fingerprint density at radius 2 is 2.29 bits per heavy atom. The van der Waals surface area contributed by atoms with Gasteiger partial charge in [0.2, 0.25) is 11.0 Å². The van der Waals surface area contributed by atoms with E-state index in [0.717, 1.165) is 22.3 Å². The molecule has 7 heteroatoms. The molecule has 0 radical (unpaired) electrons. The second-order valence-corrected chi connectivity index (χ2v) is 5.26. The number of nitrogens with zero attached hydrogens (tertiary/aromatic N) is 3. The first-order chi connectivity index (χ1) is 10.1. The zero-order chi connectivity index (χ0) is 15.2. The molecule has 0 atom stereocenters. The summed E-state index contributed by atoms with van der Waals surface area (Å²) in [6.45, 7) is 2.14. The third-order valence-corrected chi connectivity index (χ3v) is 3.62. The summed E-state index contributed by atoms with van der Waals surface area (Å²) in [5.74, 6) is 0.756. The summed E-state index contributed by atoms with van der Waals surface area (Å²) in [5, 5.41) is 3.93. The molecule has 0 spiro atoms. The molecular formula is C14H18N4O2S. The van der Waals surface area contributed by atoms with Crippen molar-refractivity contribution in [3.63, 3.8) is 0 Å². The fourth-order valence-corrected chi connectivity index (χ4v) is 2.33. The van der Waals surface area contributed by atoms with E-state index in [2.05, 4.69) is 14.7 Å². The van der Waals surface area contributed by atoms with Gasteiger partial charge in [-0.2, -0.15) is 4.37 Å². The lowest BCUT2D eigenvalue weighted by Gasteiger charge is -2.15. The number of carbonyl (C=O) groups excluding carboxylic acids is 1. The van der Waals surface area contributed by atoms with Crippen LogP contribution in [0.15, 0.2) is 24.3 Å². The number of aromatic nitrogens is 2. The topological polar surface area (TPSA) is 67.3 Å². The number of amides is 1. The molecule has 0 bridgehead atoms. The summed E-state index contributed by atoms with van der Waals surface area (Å²) in [7, 11) is 3.40. The predicted molar refractivity (Wildman–Crippen MR) is 84.3 cm³/mol. The minimum Gasteiger partial charge on any atom is -0.384 e. The average molecular weight is 306 g/mol. The number of methoxy groups -OCH3 is 1. The molecule has 0 unspecified atom stereocenters. The molecule has 0 fully saturated rings. The Bertz CT molecular complexity index is 615. The van der Waals surface area contributed by atoms with Crippen molar-refractivity contribution in [3.05, 3.63) is 30.1 Å². The lowest BCUT2D eigenvalue weighted by atomic mass is 10.2. The van der Waals surface area contributed by atoms with Crippen molar-refractivity contribution in [1.82, 2.24) is 9.36 Å². The predicted octanol–water partition coefficient (Wildman–Crippen LogP) is 2.45. The highest BCUT2D eigenvalue weighted by atomic mass is 32.1. The van der Waals surface area contributed by atoms with Gasteiger partial charge < -0.3 is 15.0 Å². The highest BCUT2D eigenvalue weighted by Gasteiger charge is 2.08. The van der Waals surface area contributed by atoms with Crippen molar-refractivity contribution in [2.45, 2.75) is 13.3 Å². The Kier molecular flexibility index (Phi) is 5.24. The van der Waals surface area contributed by atoms with Crippen LogP contribution in [0.25, 0.3) is 0 Å². The minimum atomic E-state index is -0.00934. The van der Waals surface area contributed by atoms with Crippen LogP contribution >= 0.6 is 11.5 Å². The molecule has 2 rings (SSSR count). The van der Waals surface area contributed by atoms with Crippen LogP contribution in [-0.2, 0) is 16.0 Å². The van der Waals surface area contributed by atoms with Gasteiger partial charge >= 0.3 is 0 Å². The number of carbonyl (C=O) groups is 1. The van der Waals surface area contributed by atoms with Crippen LogP contribution in [0.4, 0.5) is 16.5 Å². The highest BCUT2D eigenvalue weighted by Crippen LogP contribution is 2.23. The van der Waals surface area contributed by atoms with Crippen LogP contribution in [0, 0.1) is 0 Å².